The lowest BCUT2D eigenvalue weighted by molar-refractivity contribution is 0.101. The van der Waals surface area contributed by atoms with Crippen LogP contribution < -0.4 is 4.90 Å². The van der Waals surface area contributed by atoms with Crippen LogP contribution in [0.5, 0.6) is 0 Å². The standard InChI is InChI=1S/C16H15ClFNO/c1-11(20)13-7-5-9-15(18)16(13)19(2)10-12-6-3-4-8-14(12)17/h3-9H,10H2,1-2H3. The van der Waals surface area contributed by atoms with Crippen molar-refractivity contribution in [2.24, 2.45) is 0 Å². The van der Waals surface area contributed by atoms with Crippen LogP contribution in [0.4, 0.5) is 10.1 Å². The Morgan fingerprint density at radius 3 is 2.55 bits per heavy atom. The topological polar surface area (TPSA) is 20.3 Å². The van der Waals surface area contributed by atoms with Gasteiger partial charge in [0.15, 0.2) is 5.78 Å². The number of carbonyl (C=O) groups excluding carboxylic acids is 1. The number of benzene rings is 2. The molecule has 2 rings (SSSR count). The second-order valence-electron chi connectivity index (χ2n) is 4.64. The van der Waals surface area contributed by atoms with Crippen LogP contribution in [-0.2, 0) is 6.54 Å². The molecule has 2 aromatic rings. The number of carbonyl (C=O) groups is 1. The summed E-state index contributed by atoms with van der Waals surface area (Å²) in [5.41, 5.74) is 1.56. The van der Waals surface area contributed by atoms with Crippen LogP contribution in [0.3, 0.4) is 0 Å². The van der Waals surface area contributed by atoms with Gasteiger partial charge in [0.25, 0.3) is 0 Å². The predicted octanol–water partition coefficient (Wildman–Crippen LogP) is 4.32. The highest BCUT2D eigenvalue weighted by Gasteiger charge is 2.16. The Morgan fingerprint density at radius 2 is 1.90 bits per heavy atom. The van der Waals surface area contributed by atoms with Gasteiger partial charge in [0.05, 0.1) is 5.69 Å². The number of anilines is 1. The molecule has 0 aliphatic heterocycles. The van der Waals surface area contributed by atoms with Gasteiger partial charge in [-0.25, -0.2) is 4.39 Å². The molecule has 2 aromatic carbocycles. The zero-order chi connectivity index (χ0) is 14.7. The van der Waals surface area contributed by atoms with Crippen LogP contribution in [-0.4, -0.2) is 12.8 Å². The summed E-state index contributed by atoms with van der Waals surface area (Å²) in [5.74, 6) is -0.572. The van der Waals surface area contributed by atoms with Crippen molar-refractivity contribution in [1.82, 2.24) is 0 Å². The number of para-hydroxylation sites is 1. The Kier molecular flexibility index (Phi) is 4.40. The molecular formula is C16H15ClFNO. The molecule has 0 saturated heterocycles. The number of ketones is 1. The lowest BCUT2D eigenvalue weighted by Gasteiger charge is -2.23. The lowest BCUT2D eigenvalue weighted by atomic mass is 10.1. The Bertz CT molecular complexity index is 642. The van der Waals surface area contributed by atoms with E-state index in [0.29, 0.717) is 22.8 Å². The number of rotatable bonds is 4. The molecule has 0 amide bonds. The molecule has 0 heterocycles. The lowest BCUT2D eigenvalue weighted by Crippen LogP contribution is -2.20. The molecule has 104 valence electrons. The van der Waals surface area contributed by atoms with E-state index in [0.717, 1.165) is 5.56 Å². The minimum atomic E-state index is -0.410. The number of hydrogen-bond acceptors (Lipinski definition) is 2. The zero-order valence-electron chi connectivity index (χ0n) is 11.4. The third-order valence-electron chi connectivity index (χ3n) is 3.11. The number of nitrogens with zero attached hydrogens (tertiary/aromatic N) is 1. The van der Waals surface area contributed by atoms with Crippen molar-refractivity contribution in [3.8, 4) is 0 Å². The first kappa shape index (κ1) is 14.5. The monoisotopic (exact) mass is 291 g/mol. The maximum Gasteiger partial charge on any atom is 0.161 e. The van der Waals surface area contributed by atoms with E-state index in [-0.39, 0.29) is 5.78 Å². The molecule has 0 fully saturated rings. The summed E-state index contributed by atoms with van der Waals surface area (Å²) in [6.45, 7) is 1.86. The molecule has 0 spiro atoms. The van der Waals surface area contributed by atoms with E-state index < -0.39 is 5.82 Å². The largest absolute Gasteiger partial charge is 0.367 e. The average molecular weight is 292 g/mol. The van der Waals surface area contributed by atoms with Crippen LogP contribution in [0, 0.1) is 5.82 Å². The molecule has 0 N–H and O–H groups in total. The van der Waals surface area contributed by atoms with E-state index in [4.69, 9.17) is 11.6 Å². The van der Waals surface area contributed by atoms with Crippen LogP contribution in [0.25, 0.3) is 0 Å². The van der Waals surface area contributed by atoms with Crippen molar-refractivity contribution in [3.05, 3.63) is 64.4 Å². The van der Waals surface area contributed by atoms with Crippen LogP contribution in [0.1, 0.15) is 22.8 Å². The second kappa shape index (κ2) is 6.06. The molecule has 0 aromatic heterocycles. The molecule has 0 unspecified atom stereocenters. The van der Waals surface area contributed by atoms with Crippen molar-refractivity contribution in [1.29, 1.82) is 0 Å². The predicted molar refractivity (Wildman–Crippen MR) is 80.0 cm³/mol. The number of Topliss-reactive ketones (excluding diaryl/α,β-unsaturated/α-hetero) is 1. The van der Waals surface area contributed by atoms with Gasteiger partial charge in [-0.05, 0) is 30.7 Å². The minimum Gasteiger partial charge on any atom is -0.367 e. The molecule has 0 aliphatic carbocycles. The fourth-order valence-corrected chi connectivity index (χ4v) is 2.34. The first-order chi connectivity index (χ1) is 9.50. The van der Waals surface area contributed by atoms with Gasteiger partial charge in [-0.15, -0.1) is 0 Å². The molecule has 0 aliphatic rings. The Labute approximate surface area is 122 Å². The third-order valence-corrected chi connectivity index (χ3v) is 3.48. The van der Waals surface area contributed by atoms with Crippen LogP contribution in [0.15, 0.2) is 42.5 Å². The van der Waals surface area contributed by atoms with E-state index in [2.05, 4.69) is 0 Å². The number of hydrogen-bond donors (Lipinski definition) is 0. The van der Waals surface area contributed by atoms with Crippen molar-refractivity contribution in [3.63, 3.8) is 0 Å². The first-order valence-electron chi connectivity index (χ1n) is 6.24. The van der Waals surface area contributed by atoms with Gasteiger partial charge < -0.3 is 4.90 Å². The fourth-order valence-electron chi connectivity index (χ4n) is 2.15. The maximum atomic E-state index is 14.0. The summed E-state index contributed by atoms with van der Waals surface area (Å²) in [6, 6.07) is 11.9. The highest BCUT2D eigenvalue weighted by molar-refractivity contribution is 6.31. The van der Waals surface area contributed by atoms with Crippen LogP contribution >= 0.6 is 11.6 Å². The maximum absolute atomic E-state index is 14.0. The Hall–Kier alpha value is -1.87. The highest BCUT2D eigenvalue weighted by atomic mass is 35.5. The first-order valence-corrected chi connectivity index (χ1v) is 6.62. The molecule has 0 saturated carbocycles. The molecule has 0 bridgehead atoms. The molecule has 2 nitrogen and oxygen atoms in total. The zero-order valence-corrected chi connectivity index (χ0v) is 12.1. The normalized spacial score (nSPS) is 10.4. The summed E-state index contributed by atoms with van der Waals surface area (Å²) in [7, 11) is 1.74. The third kappa shape index (κ3) is 2.99. The van der Waals surface area contributed by atoms with E-state index in [9.17, 15) is 9.18 Å². The van der Waals surface area contributed by atoms with E-state index in [1.807, 2.05) is 18.2 Å². The van der Waals surface area contributed by atoms with Gasteiger partial charge in [0.2, 0.25) is 0 Å². The molecule has 4 heteroatoms. The average Bonchev–Trinajstić information content (AvgIpc) is 2.40. The minimum absolute atomic E-state index is 0.162. The quantitative estimate of drug-likeness (QED) is 0.782. The number of halogens is 2. The molecule has 0 radical (unpaired) electrons. The second-order valence-corrected chi connectivity index (χ2v) is 5.05. The molecule has 0 atom stereocenters. The smallest absolute Gasteiger partial charge is 0.161 e. The van der Waals surface area contributed by atoms with E-state index in [1.54, 1.807) is 30.1 Å². The van der Waals surface area contributed by atoms with Gasteiger partial charge in [-0.1, -0.05) is 35.9 Å². The van der Waals surface area contributed by atoms with Gasteiger partial charge in [0, 0.05) is 24.2 Å². The van der Waals surface area contributed by atoms with Crippen molar-refractivity contribution in [2.45, 2.75) is 13.5 Å². The van der Waals surface area contributed by atoms with Gasteiger partial charge in [-0.3, -0.25) is 4.79 Å². The Morgan fingerprint density at radius 1 is 1.20 bits per heavy atom. The van der Waals surface area contributed by atoms with Gasteiger partial charge in [-0.2, -0.15) is 0 Å². The summed E-state index contributed by atoms with van der Waals surface area (Å²) < 4.78 is 14.0. The molecular weight excluding hydrogens is 277 g/mol. The van der Waals surface area contributed by atoms with Gasteiger partial charge >= 0.3 is 0 Å². The highest BCUT2D eigenvalue weighted by Crippen LogP contribution is 2.27. The SMILES string of the molecule is CC(=O)c1cccc(F)c1N(C)Cc1ccccc1Cl. The van der Waals surface area contributed by atoms with Crippen molar-refractivity contribution < 1.29 is 9.18 Å². The summed E-state index contributed by atoms with van der Waals surface area (Å²) >= 11 is 6.11. The Balaban J connectivity index is 2.37. The van der Waals surface area contributed by atoms with E-state index in [1.165, 1.54) is 13.0 Å². The van der Waals surface area contributed by atoms with Gasteiger partial charge in [0.1, 0.15) is 5.82 Å². The summed E-state index contributed by atoms with van der Waals surface area (Å²) in [5, 5.41) is 0.625. The fraction of sp³-hybridized carbons (Fsp3) is 0.188. The van der Waals surface area contributed by atoms with Crippen molar-refractivity contribution >= 4 is 23.1 Å². The van der Waals surface area contributed by atoms with E-state index >= 15 is 0 Å². The summed E-state index contributed by atoms with van der Waals surface area (Å²) in [6.07, 6.45) is 0. The summed E-state index contributed by atoms with van der Waals surface area (Å²) in [4.78, 5) is 13.3. The van der Waals surface area contributed by atoms with Crippen molar-refractivity contribution in [2.75, 3.05) is 11.9 Å². The van der Waals surface area contributed by atoms with Crippen LogP contribution in [0.2, 0.25) is 5.02 Å². The molecule has 20 heavy (non-hydrogen) atoms.